The van der Waals surface area contributed by atoms with E-state index in [0.29, 0.717) is 18.0 Å². The zero-order valence-electron chi connectivity index (χ0n) is 13.1. The lowest BCUT2D eigenvalue weighted by Crippen LogP contribution is -2.27. The second-order valence-corrected chi connectivity index (χ2v) is 5.11. The van der Waals surface area contributed by atoms with Crippen molar-refractivity contribution in [3.8, 4) is 5.75 Å². The molecule has 0 saturated heterocycles. The highest BCUT2D eigenvalue weighted by molar-refractivity contribution is 5.88. The van der Waals surface area contributed by atoms with Gasteiger partial charge in [-0.2, -0.15) is 0 Å². The van der Waals surface area contributed by atoms with Crippen LogP contribution in [0.3, 0.4) is 0 Å². The van der Waals surface area contributed by atoms with E-state index in [4.69, 9.17) is 4.74 Å². The Labute approximate surface area is 135 Å². The van der Waals surface area contributed by atoms with Crippen LogP contribution < -0.4 is 10.1 Å². The average molecular weight is 314 g/mol. The van der Waals surface area contributed by atoms with Gasteiger partial charge in [-0.25, -0.2) is 9.18 Å². The molecule has 23 heavy (non-hydrogen) atoms. The standard InChI is InChI=1S/C18H19FN2O2/c1-21(2)18(22)20-16-9-11-17(12-10-16)23-13-3-4-14-5-7-15(19)8-6-14/h3-12H,13H2,1-2H3,(H,20,22). The molecule has 0 aromatic heterocycles. The smallest absolute Gasteiger partial charge is 0.321 e. The summed E-state index contributed by atoms with van der Waals surface area (Å²) < 4.78 is 18.3. The van der Waals surface area contributed by atoms with Crippen molar-refractivity contribution in [2.24, 2.45) is 0 Å². The van der Waals surface area contributed by atoms with Crippen molar-refractivity contribution in [2.75, 3.05) is 26.0 Å². The molecule has 2 amide bonds. The van der Waals surface area contributed by atoms with E-state index in [1.54, 1.807) is 50.5 Å². The van der Waals surface area contributed by atoms with Crippen LogP contribution in [0.5, 0.6) is 5.75 Å². The Kier molecular flexibility index (Phi) is 5.74. The molecule has 4 nitrogen and oxygen atoms in total. The Balaban J connectivity index is 1.82. The van der Waals surface area contributed by atoms with Gasteiger partial charge in [-0.15, -0.1) is 0 Å². The van der Waals surface area contributed by atoms with Gasteiger partial charge in [0.2, 0.25) is 0 Å². The molecule has 0 aliphatic heterocycles. The molecule has 2 aromatic rings. The van der Waals surface area contributed by atoms with E-state index < -0.39 is 0 Å². The first-order valence-electron chi connectivity index (χ1n) is 7.18. The van der Waals surface area contributed by atoms with Gasteiger partial charge in [-0.1, -0.05) is 18.2 Å². The maximum atomic E-state index is 12.8. The van der Waals surface area contributed by atoms with Crippen LogP contribution in [0.25, 0.3) is 6.08 Å². The van der Waals surface area contributed by atoms with Crippen molar-refractivity contribution in [3.63, 3.8) is 0 Å². The lowest BCUT2D eigenvalue weighted by molar-refractivity contribution is 0.230. The third-order valence-corrected chi connectivity index (χ3v) is 3.04. The predicted molar refractivity (Wildman–Crippen MR) is 90.1 cm³/mol. The van der Waals surface area contributed by atoms with Gasteiger partial charge in [-0.05, 0) is 48.0 Å². The third kappa shape index (κ3) is 5.47. The minimum absolute atomic E-state index is 0.180. The van der Waals surface area contributed by atoms with Crippen LogP contribution in [0, 0.1) is 5.82 Å². The minimum Gasteiger partial charge on any atom is -0.490 e. The SMILES string of the molecule is CN(C)C(=O)Nc1ccc(OCC=Cc2ccc(F)cc2)cc1. The molecule has 0 atom stereocenters. The number of nitrogens with zero attached hydrogens (tertiary/aromatic N) is 1. The van der Waals surface area contributed by atoms with Gasteiger partial charge in [0.05, 0.1) is 0 Å². The summed E-state index contributed by atoms with van der Waals surface area (Å²) >= 11 is 0. The van der Waals surface area contributed by atoms with Crippen LogP contribution in [0.2, 0.25) is 0 Å². The normalized spacial score (nSPS) is 10.6. The summed E-state index contributed by atoms with van der Waals surface area (Å²) in [6.07, 6.45) is 3.72. The van der Waals surface area contributed by atoms with E-state index in [9.17, 15) is 9.18 Å². The molecule has 5 heteroatoms. The third-order valence-electron chi connectivity index (χ3n) is 3.04. The maximum Gasteiger partial charge on any atom is 0.321 e. The highest BCUT2D eigenvalue weighted by Gasteiger charge is 2.03. The molecule has 120 valence electrons. The van der Waals surface area contributed by atoms with Crippen molar-refractivity contribution >= 4 is 17.8 Å². The molecule has 0 radical (unpaired) electrons. The van der Waals surface area contributed by atoms with Crippen molar-refractivity contribution in [1.82, 2.24) is 4.90 Å². The van der Waals surface area contributed by atoms with Gasteiger partial charge in [0.25, 0.3) is 0 Å². The molecular formula is C18H19FN2O2. The number of rotatable bonds is 5. The number of hydrogen-bond donors (Lipinski definition) is 1. The van der Waals surface area contributed by atoms with E-state index >= 15 is 0 Å². The molecule has 2 rings (SSSR count). The molecule has 0 bridgehead atoms. The van der Waals surface area contributed by atoms with Gasteiger partial charge < -0.3 is 15.0 Å². The van der Waals surface area contributed by atoms with Gasteiger partial charge in [-0.3, -0.25) is 0 Å². The van der Waals surface area contributed by atoms with Crippen LogP contribution >= 0.6 is 0 Å². The second-order valence-electron chi connectivity index (χ2n) is 5.11. The number of carbonyl (C=O) groups excluding carboxylic acids is 1. The molecule has 0 heterocycles. The molecule has 0 saturated carbocycles. The number of nitrogens with one attached hydrogen (secondary N) is 1. The summed E-state index contributed by atoms with van der Waals surface area (Å²) in [4.78, 5) is 13.0. The molecule has 0 fully saturated rings. The number of carbonyl (C=O) groups is 1. The number of benzene rings is 2. The molecule has 2 aromatic carbocycles. The Morgan fingerprint density at radius 3 is 2.39 bits per heavy atom. The van der Waals surface area contributed by atoms with Crippen molar-refractivity contribution < 1.29 is 13.9 Å². The zero-order chi connectivity index (χ0) is 16.7. The topological polar surface area (TPSA) is 41.6 Å². The summed E-state index contributed by atoms with van der Waals surface area (Å²) in [5, 5.41) is 2.75. The number of anilines is 1. The first kappa shape index (κ1) is 16.5. The molecular weight excluding hydrogens is 295 g/mol. The van der Waals surface area contributed by atoms with E-state index in [1.807, 2.05) is 12.2 Å². The summed E-state index contributed by atoms with van der Waals surface area (Å²) in [6, 6.07) is 13.2. The minimum atomic E-state index is -0.250. The quantitative estimate of drug-likeness (QED) is 0.906. The summed E-state index contributed by atoms with van der Waals surface area (Å²) in [5.74, 6) is 0.455. The van der Waals surface area contributed by atoms with Crippen LogP contribution in [-0.4, -0.2) is 31.6 Å². The van der Waals surface area contributed by atoms with Crippen molar-refractivity contribution in [1.29, 1.82) is 0 Å². The number of halogens is 1. The maximum absolute atomic E-state index is 12.8. The summed E-state index contributed by atoms with van der Waals surface area (Å²) in [5.41, 5.74) is 1.62. The molecule has 1 N–H and O–H groups in total. The van der Waals surface area contributed by atoms with E-state index in [0.717, 1.165) is 5.56 Å². The second kappa shape index (κ2) is 7.98. The van der Waals surface area contributed by atoms with Crippen LogP contribution in [-0.2, 0) is 0 Å². The lowest BCUT2D eigenvalue weighted by Gasteiger charge is -2.12. The molecule has 0 aliphatic rings. The lowest BCUT2D eigenvalue weighted by atomic mass is 10.2. The van der Waals surface area contributed by atoms with E-state index in [-0.39, 0.29) is 11.8 Å². The Morgan fingerprint density at radius 1 is 1.13 bits per heavy atom. The van der Waals surface area contributed by atoms with E-state index in [1.165, 1.54) is 17.0 Å². The number of hydrogen-bond acceptors (Lipinski definition) is 2. The van der Waals surface area contributed by atoms with Gasteiger partial charge in [0.15, 0.2) is 0 Å². The van der Waals surface area contributed by atoms with Crippen molar-refractivity contribution in [2.45, 2.75) is 0 Å². The Morgan fingerprint density at radius 2 is 1.78 bits per heavy atom. The van der Waals surface area contributed by atoms with E-state index in [2.05, 4.69) is 5.32 Å². The van der Waals surface area contributed by atoms with Crippen LogP contribution in [0.1, 0.15) is 5.56 Å². The van der Waals surface area contributed by atoms with Crippen LogP contribution in [0.4, 0.5) is 14.9 Å². The largest absolute Gasteiger partial charge is 0.490 e. The highest BCUT2D eigenvalue weighted by atomic mass is 19.1. The van der Waals surface area contributed by atoms with Gasteiger partial charge in [0, 0.05) is 19.8 Å². The molecule has 0 unspecified atom stereocenters. The highest BCUT2D eigenvalue weighted by Crippen LogP contribution is 2.16. The molecule has 0 aliphatic carbocycles. The first-order valence-corrected chi connectivity index (χ1v) is 7.18. The van der Waals surface area contributed by atoms with Crippen LogP contribution in [0.15, 0.2) is 54.6 Å². The average Bonchev–Trinajstić information content (AvgIpc) is 2.54. The summed E-state index contributed by atoms with van der Waals surface area (Å²) in [7, 11) is 3.36. The fraction of sp³-hybridized carbons (Fsp3) is 0.167. The fourth-order valence-electron chi connectivity index (χ4n) is 1.77. The number of amides is 2. The van der Waals surface area contributed by atoms with Gasteiger partial charge >= 0.3 is 6.03 Å². The number of urea groups is 1. The Bertz CT molecular complexity index is 664. The monoisotopic (exact) mass is 314 g/mol. The number of ether oxygens (including phenoxy) is 1. The fourth-order valence-corrected chi connectivity index (χ4v) is 1.77. The summed E-state index contributed by atoms with van der Waals surface area (Å²) in [6.45, 7) is 0.404. The Hall–Kier alpha value is -2.82. The predicted octanol–water partition coefficient (Wildman–Crippen LogP) is 4.01. The van der Waals surface area contributed by atoms with Gasteiger partial charge in [0.1, 0.15) is 18.2 Å². The van der Waals surface area contributed by atoms with Crippen molar-refractivity contribution in [3.05, 3.63) is 66.0 Å². The first-order chi connectivity index (χ1) is 11.0. The zero-order valence-corrected chi connectivity index (χ0v) is 13.1. The molecule has 0 spiro atoms.